The van der Waals surface area contributed by atoms with Crippen LogP contribution in [0.3, 0.4) is 0 Å². The molecule has 0 radical (unpaired) electrons. The molecule has 0 aliphatic carbocycles. The fourth-order valence-corrected chi connectivity index (χ4v) is 1.26. The largest absolute Gasteiger partial charge is 0.507 e. The lowest BCUT2D eigenvalue weighted by Gasteiger charge is -2.08. The van der Waals surface area contributed by atoms with E-state index >= 15 is 0 Å². The van der Waals surface area contributed by atoms with Crippen molar-refractivity contribution in [3.8, 4) is 5.75 Å². The van der Waals surface area contributed by atoms with Crippen LogP contribution in [0, 0.1) is 0 Å². The molecule has 0 fully saturated rings. The van der Waals surface area contributed by atoms with Crippen molar-refractivity contribution in [1.82, 2.24) is 0 Å². The zero-order chi connectivity index (χ0) is 9.14. The monoisotopic (exact) mass is 267 g/mol. The van der Waals surface area contributed by atoms with E-state index in [-0.39, 0.29) is 30.8 Å². The summed E-state index contributed by atoms with van der Waals surface area (Å²) in [5.41, 5.74) is 6.35. The van der Waals surface area contributed by atoms with E-state index in [4.69, 9.17) is 15.9 Å². The van der Waals surface area contributed by atoms with Crippen molar-refractivity contribution in [2.45, 2.75) is 6.04 Å². The molecule has 3 nitrogen and oxygen atoms in total. The normalized spacial score (nSPS) is 11.9. The van der Waals surface area contributed by atoms with Gasteiger partial charge < -0.3 is 15.9 Å². The van der Waals surface area contributed by atoms with Crippen LogP contribution in [-0.2, 0) is 0 Å². The zero-order valence-corrected chi connectivity index (χ0v) is 9.18. The minimum atomic E-state index is -0.387. The lowest BCUT2D eigenvalue weighted by molar-refractivity contribution is 0.268. The van der Waals surface area contributed by atoms with Crippen molar-refractivity contribution >= 4 is 28.3 Å². The van der Waals surface area contributed by atoms with Gasteiger partial charge in [0.25, 0.3) is 0 Å². The lowest BCUT2D eigenvalue weighted by Crippen LogP contribution is -2.14. The summed E-state index contributed by atoms with van der Waals surface area (Å²) in [7, 11) is 0. The molecule has 0 aliphatic rings. The summed E-state index contributed by atoms with van der Waals surface area (Å²) in [6, 6.07) is 4.52. The number of phenolic OH excluding ortho intramolecular Hbond substituents is 1. The zero-order valence-electron chi connectivity index (χ0n) is 6.77. The van der Waals surface area contributed by atoms with E-state index in [1.54, 1.807) is 12.1 Å². The topological polar surface area (TPSA) is 66.5 Å². The first kappa shape index (κ1) is 12.7. The van der Waals surface area contributed by atoms with E-state index in [1.807, 2.05) is 0 Å². The van der Waals surface area contributed by atoms with Gasteiger partial charge in [-0.1, -0.05) is 6.07 Å². The fourth-order valence-electron chi connectivity index (χ4n) is 0.859. The SMILES string of the molecule is Cl.N[C@@H](CO)c1ccc(O)c(Br)c1. The first-order valence-electron chi connectivity index (χ1n) is 3.50. The van der Waals surface area contributed by atoms with E-state index in [0.29, 0.717) is 4.47 Å². The highest BCUT2D eigenvalue weighted by molar-refractivity contribution is 9.10. The highest BCUT2D eigenvalue weighted by Crippen LogP contribution is 2.26. The average Bonchev–Trinajstić information content (AvgIpc) is 2.08. The first-order valence-corrected chi connectivity index (χ1v) is 4.29. The second kappa shape index (κ2) is 5.44. The molecule has 0 heterocycles. The molecule has 0 spiro atoms. The highest BCUT2D eigenvalue weighted by atomic mass is 79.9. The smallest absolute Gasteiger partial charge is 0.129 e. The molecule has 13 heavy (non-hydrogen) atoms. The van der Waals surface area contributed by atoms with Crippen molar-refractivity contribution in [3.05, 3.63) is 28.2 Å². The van der Waals surface area contributed by atoms with Gasteiger partial charge >= 0.3 is 0 Å². The van der Waals surface area contributed by atoms with Crippen molar-refractivity contribution < 1.29 is 10.2 Å². The molecule has 0 amide bonds. The van der Waals surface area contributed by atoms with Gasteiger partial charge in [0.15, 0.2) is 0 Å². The molecule has 1 aromatic rings. The van der Waals surface area contributed by atoms with Crippen LogP contribution in [-0.4, -0.2) is 16.8 Å². The third-order valence-corrected chi connectivity index (χ3v) is 2.23. The summed E-state index contributed by atoms with van der Waals surface area (Å²) in [5, 5.41) is 17.9. The molecular formula is C8H11BrClNO2. The third kappa shape index (κ3) is 3.15. The van der Waals surface area contributed by atoms with Crippen LogP contribution in [0.15, 0.2) is 22.7 Å². The maximum absolute atomic E-state index is 9.15. The van der Waals surface area contributed by atoms with E-state index in [0.717, 1.165) is 5.56 Å². The number of hydrogen-bond donors (Lipinski definition) is 3. The van der Waals surface area contributed by atoms with E-state index in [1.165, 1.54) is 6.07 Å². The number of aliphatic hydroxyl groups is 1. The summed E-state index contributed by atoms with van der Waals surface area (Å²) in [6.45, 7) is -0.1000. The van der Waals surface area contributed by atoms with E-state index < -0.39 is 0 Å². The van der Waals surface area contributed by atoms with Gasteiger partial charge in [-0.25, -0.2) is 0 Å². The van der Waals surface area contributed by atoms with Crippen LogP contribution < -0.4 is 5.73 Å². The van der Waals surface area contributed by atoms with Crippen LogP contribution in [0.2, 0.25) is 0 Å². The van der Waals surface area contributed by atoms with Crippen molar-refractivity contribution in [3.63, 3.8) is 0 Å². The molecule has 0 bridgehead atoms. The van der Waals surface area contributed by atoms with Crippen LogP contribution in [0.25, 0.3) is 0 Å². The van der Waals surface area contributed by atoms with E-state index in [2.05, 4.69) is 15.9 Å². The summed E-state index contributed by atoms with van der Waals surface area (Å²) in [4.78, 5) is 0. The van der Waals surface area contributed by atoms with Crippen molar-refractivity contribution in [2.75, 3.05) is 6.61 Å². The van der Waals surface area contributed by atoms with Crippen molar-refractivity contribution in [1.29, 1.82) is 0 Å². The third-order valence-electron chi connectivity index (χ3n) is 1.60. The predicted octanol–water partition coefficient (Wildman–Crippen LogP) is 1.57. The number of halogens is 2. The molecule has 1 aromatic carbocycles. The Balaban J connectivity index is 0.00000144. The number of aromatic hydroxyl groups is 1. The number of phenols is 1. The summed E-state index contributed by atoms with van der Waals surface area (Å²) in [5.74, 6) is 0.170. The Labute approximate surface area is 91.1 Å². The Hall–Kier alpha value is -0.290. The van der Waals surface area contributed by atoms with Crippen LogP contribution >= 0.6 is 28.3 Å². The summed E-state index contributed by atoms with van der Waals surface area (Å²) in [6.07, 6.45) is 0. The molecule has 4 N–H and O–H groups in total. The van der Waals surface area contributed by atoms with Crippen molar-refractivity contribution in [2.24, 2.45) is 5.73 Å². The molecule has 1 atom stereocenters. The predicted molar refractivity (Wildman–Crippen MR) is 57.1 cm³/mol. The Morgan fingerprint density at radius 2 is 2.08 bits per heavy atom. The Morgan fingerprint density at radius 3 is 2.54 bits per heavy atom. The molecular weight excluding hydrogens is 257 g/mol. The second-order valence-electron chi connectivity index (χ2n) is 2.50. The maximum Gasteiger partial charge on any atom is 0.129 e. The molecule has 5 heteroatoms. The summed E-state index contributed by atoms with van der Waals surface area (Å²) >= 11 is 3.16. The molecule has 1 rings (SSSR count). The lowest BCUT2D eigenvalue weighted by atomic mass is 10.1. The number of rotatable bonds is 2. The summed E-state index contributed by atoms with van der Waals surface area (Å²) < 4.78 is 0.587. The highest BCUT2D eigenvalue weighted by Gasteiger charge is 2.05. The quantitative estimate of drug-likeness (QED) is 0.763. The van der Waals surface area contributed by atoms with Gasteiger partial charge in [-0.3, -0.25) is 0 Å². The molecule has 0 aliphatic heterocycles. The number of aliphatic hydroxyl groups excluding tert-OH is 1. The molecule has 0 unspecified atom stereocenters. The van der Waals surface area contributed by atoms with Gasteiger partial charge in [-0.15, -0.1) is 12.4 Å². The van der Waals surface area contributed by atoms with Gasteiger partial charge in [-0.2, -0.15) is 0 Å². The molecule has 0 saturated carbocycles. The number of nitrogens with two attached hydrogens (primary N) is 1. The standard InChI is InChI=1S/C8H10BrNO2.ClH/c9-6-3-5(7(10)4-11)1-2-8(6)12;/h1-3,7,11-12H,4,10H2;1H/t7-;/m0./s1. The Morgan fingerprint density at radius 1 is 1.46 bits per heavy atom. The Bertz CT molecular complexity index is 283. The van der Waals surface area contributed by atoms with E-state index in [9.17, 15) is 0 Å². The average molecular weight is 269 g/mol. The maximum atomic E-state index is 9.15. The van der Waals surface area contributed by atoms with Gasteiger partial charge in [0.1, 0.15) is 5.75 Å². The van der Waals surface area contributed by atoms with Gasteiger partial charge in [0.2, 0.25) is 0 Å². The first-order chi connectivity index (χ1) is 5.65. The number of hydrogen-bond acceptors (Lipinski definition) is 3. The second-order valence-corrected chi connectivity index (χ2v) is 3.35. The molecule has 0 aromatic heterocycles. The van der Waals surface area contributed by atoms with Gasteiger partial charge in [-0.05, 0) is 33.6 Å². The molecule has 74 valence electrons. The van der Waals surface area contributed by atoms with Crippen LogP contribution in [0.5, 0.6) is 5.75 Å². The minimum Gasteiger partial charge on any atom is -0.507 e. The van der Waals surface area contributed by atoms with Gasteiger partial charge in [0.05, 0.1) is 17.1 Å². The molecule has 0 saturated heterocycles. The van der Waals surface area contributed by atoms with Crippen LogP contribution in [0.4, 0.5) is 0 Å². The van der Waals surface area contributed by atoms with Gasteiger partial charge in [0, 0.05) is 0 Å². The fraction of sp³-hybridized carbons (Fsp3) is 0.250. The van der Waals surface area contributed by atoms with Crippen LogP contribution in [0.1, 0.15) is 11.6 Å². The number of benzene rings is 1. The minimum absolute atomic E-state index is 0. The Kier molecular flexibility index (Phi) is 5.32.